The quantitative estimate of drug-likeness (QED) is 0.675. The van der Waals surface area contributed by atoms with Gasteiger partial charge in [-0.15, -0.1) is 0 Å². The third-order valence-electron chi connectivity index (χ3n) is 1.75. The molecule has 0 fully saturated rings. The number of hydrogen-bond donors (Lipinski definition) is 0. The van der Waals surface area contributed by atoms with Crippen molar-refractivity contribution in [1.29, 1.82) is 0 Å². The van der Waals surface area contributed by atoms with E-state index in [4.69, 9.17) is 17.8 Å². The number of halogens is 1. The predicted molar refractivity (Wildman–Crippen MR) is 74.1 cm³/mol. The molecule has 0 unspecified atom stereocenters. The first kappa shape index (κ1) is 3.10. The highest BCUT2D eigenvalue weighted by atomic mass is 127. The first-order chi connectivity index (χ1) is 12.5. The minimum atomic E-state index is -2.96. The van der Waals surface area contributed by atoms with Crippen LogP contribution in [0.4, 0.5) is 0 Å². The molecule has 0 N–H and O–H groups in total. The van der Waals surface area contributed by atoms with Crippen LogP contribution < -0.4 is 0 Å². The van der Waals surface area contributed by atoms with Crippen molar-refractivity contribution < 1.29 is 17.8 Å². The van der Waals surface area contributed by atoms with Gasteiger partial charge in [-0.05, 0) is 58.5 Å². The van der Waals surface area contributed by atoms with E-state index >= 15 is 0 Å². The average molecular weight is 321 g/mol. The van der Waals surface area contributed by atoms with Crippen LogP contribution in [-0.4, -0.2) is 0 Å². The first-order valence-electron chi connectivity index (χ1n) is 10.4. The molecular formula is C14H13I. The fourth-order valence-electron chi connectivity index (χ4n) is 1.04. The Morgan fingerprint density at radius 3 is 2.53 bits per heavy atom. The van der Waals surface area contributed by atoms with Gasteiger partial charge >= 0.3 is 0 Å². The standard InChI is InChI=1S/C14H13I/c1-10-8-9-13(11(2)14(10)15)12-6-4-3-5-7-12/h3-9H,1-2H3/i1D3,2D3,3D,4D,5D,6D,7D,8D,9D. The second-order valence-electron chi connectivity index (χ2n) is 2.69. The lowest BCUT2D eigenvalue weighted by Crippen LogP contribution is -1.90. The van der Waals surface area contributed by atoms with Crippen molar-refractivity contribution in [1.82, 2.24) is 0 Å². The van der Waals surface area contributed by atoms with Gasteiger partial charge < -0.3 is 0 Å². The van der Waals surface area contributed by atoms with Gasteiger partial charge in [-0.1, -0.05) is 42.3 Å². The maximum absolute atomic E-state index is 8.23. The van der Waals surface area contributed by atoms with Crippen LogP contribution in [0.25, 0.3) is 11.1 Å². The van der Waals surface area contributed by atoms with Gasteiger partial charge in [0.05, 0.1) is 9.60 Å². The lowest BCUT2D eigenvalue weighted by atomic mass is 9.99. The Morgan fingerprint density at radius 2 is 1.87 bits per heavy atom. The smallest absolute Gasteiger partial charge is 0.0622 e. The summed E-state index contributed by atoms with van der Waals surface area (Å²) in [6, 6.07) is -5.22. The second-order valence-corrected chi connectivity index (χ2v) is 3.77. The van der Waals surface area contributed by atoms with Crippen molar-refractivity contribution in [2.24, 2.45) is 0 Å². The Hall–Kier alpha value is -0.830. The van der Waals surface area contributed by atoms with Crippen LogP contribution in [-0.2, 0) is 0 Å². The summed E-state index contributed by atoms with van der Waals surface area (Å²) in [5, 5.41) is 0. The molecule has 15 heavy (non-hydrogen) atoms. The molecule has 0 radical (unpaired) electrons. The fourth-order valence-corrected chi connectivity index (χ4v) is 1.44. The maximum Gasteiger partial charge on any atom is 0.0629 e. The lowest BCUT2D eigenvalue weighted by Gasteiger charge is -2.10. The number of benzene rings is 2. The molecule has 0 spiro atoms. The Balaban J connectivity index is 3.20. The van der Waals surface area contributed by atoms with Gasteiger partial charge in [-0.2, -0.15) is 0 Å². The highest BCUT2D eigenvalue weighted by Crippen LogP contribution is 2.28. The lowest BCUT2D eigenvalue weighted by molar-refractivity contribution is 1.34. The molecule has 0 saturated heterocycles. The zero-order chi connectivity index (χ0) is 21.9. The van der Waals surface area contributed by atoms with Gasteiger partial charge in [0.25, 0.3) is 0 Å². The molecule has 2 rings (SSSR count). The van der Waals surface area contributed by atoms with Gasteiger partial charge in [0.15, 0.2) is 0 Å². The van der Waals surface area contributed by atoms with Crippen LogP contribution in [0.15, 0.2) is 42.3 Å². The Kier molecular flexibility index (Phi) is 0.899. The summed E-state index contributed by atoms with van der Waals surface area (Å²) in [7, 11) is 0. The van der Waals surface area contributed by atoms with E-state index < -0.39 is 78.3 Å². The summed E-state index contributed by atoms with van der Waals surface area (Å²) in [5.74, 6) is 0. The van der Waals surface area contributed by atoms with Crippen molar-refractivity contribution in [2.75, 3.05) is 0 Å². The molecule has 2 aromatic carbocycles. The summed E-state index contributed by atoms with van der Waals surface area (Å²) in [5.41, 5.74) is -2.36. The zero-order valence-electron chi connectivity index (χ0n) is 20.4. The van der Waals surface area contributed by atoms with E-state index in [1.54, 1.807) is 0 Å². The van der Waals surface area contributed by atoms with E-state index in [9.17, 15) is 0 Å². The molecule has 2 aromatic rings. The minimum Gasteiger partial charge on any atom is -0.0622 e. The maximum atomic E-state index is 8.23. The van der Waals surface area contributed by atoms with E-state index in [2.05, 4.69) is 0 Å². The second kappa shape index (κ2) is 4.35. The van der Waals surface area contributed by atoms with E-state index in [0.717, 1.165) is 0 Å². The predicted octanol–water partition coefficient (Wildman–Crippen LogP) is 4.58. The fraction of sp³-hybridized carbons (Fsp3) is 0.143. The summed E-state index contributed by atoms with van der Waals surface area (Å²) in [6.45, 7) is -5.83. The van der Waals surface area contributed by atoms with E-state index in [-0.39, 0.29) is 3.57 Å². The molecule has 0 aromatic heterocycles. The summed E-state index contributed by atoms with van der Waals surface area (Å²) in [6.07, 6.45) is 0. The van der Waals surface area contributed by atoms with Gasteiger partial charge in [0.2, 0.25) is 0 Å². The SMILES string of the molecule is [2H]c1c([2H])c([2H])c(-c2c([2H])c([2H])c(C([2H])([2H])[2H])c(I)c2C([2H])([2H])[2H])c([2H])c1[2H]. The molecule has 0 aliphatic carbocycles. The average Bonchev–Trinajstić information content (AvgIpc) is 2.53. The topological polar surface area (TPSA) is 0 Å². The minimum absolute atomic E-state index is 0.319. The van der Waals surface area contributed by atoms with Crippen molar-refractivity contribution in [2.45, 2.75) is 13.7 Å². The molecule has 0 aliphatic heterocycles. The molecule has 0 aliphatic rings. The van der Waals surface area contributed by atoms with Gasteiger partial charge in [0, 0.05) is 11.8 Å². The van der Waals surface area contributed by atoms with Crippen molar-refractivity contribution >= 4 is 22.6 Å². The summed E-state index contributed by atoms with van der Waals surface area (Å²) < 4.78 is 102. The molecule has 1 heteroatoms. The molecule has 76 valence electrons. The van der Waals surface area contributed by atoms with Crippen LogP contribution >= 0.6 is 22.6 Å². The Bertz CT molecular complexity index is 942. The van der Waals surface area contributed by atoms with Crippen molar-refractivity contribution in [3.05, 3.63) is 57.0 Å². The van der Waals surface area contributed by atoms with Gasteiger partial charge in [0.1, 0.15) is 0 Å². The van der Waals surface area contributed by atoms with Crippen LogP contribution in [0.5, 0.6) is 0 Å². The molecule has 0 saturated carbocycles. The van der Waals surface area contributed by atoms with Gasteiger partial charge in [-0.25, -0.2) is 0 Å². The molecule has 0 atom stereocenters. The molecule has 0 bridgehead atoms. The van der Waals surface area contributed by atoms with E-state index in [1.165, 1.54) is 22.6 Å². The third kappa shape index (κ3) is 2.07. The molecule has 0 amide bonds. The zero-order valence-corrected chi connectivity index (χ0v) is 9.54. The number of hydrogen-bond acceptors (Lipinski definition) is 0. The van der Waals surface area contributed by atoms with E-state index in [1.807, 2.05) is 0 Å². The van der Waals surface area contributed by atoms with E-state index in [0.29, 0.717) is 0 Å². The van der Waals surface area contributed by atoms with Crippen LogP contribution in [0.1, 0.15) is 28.9 Å². The summed E-state index contributed by atoms with van der Waals surface area (Å²) in [4.78, 5) is 0. The number of rotatable bonds is 1. The normalized spacial score (nSPS) is 24.5. The Morgan fingerprint density at radius 1 is 1.07 bits per heavy atom. The highest BCUT2D eigenvalue weighted by molar-refractivity contribution is 14.1. The van der Waals surface area contributed by atoms with Crippen LogP contribution in [0.2, 0.25) is 0 Å². The van der Waals surface area contributed by atoms with Crippen molar-refractivity contribution in [3.8, 4) is 11.1 Å². The monoisotopic (exact) mass is 321 g/mol. The highest BCUT2D eigenvalue weighted by Gasteiger charge is 2.05. The first-order valence-corrected chi connectivity index (χ1v) is 5.02. The van der Waals surface area contributed by atoms with Crippen LogP contribution in [0, 0.1) is 17.3 Å². The molecular weight excluding hydrogens is 295 g/mol. The molecule has 0 nitrogen and oxygen atoms in total. The Labute approximate surface area is 123 Å². The van der Waals surface area contributed by atoms with Crippen LogP contribution in [0.3, 0.4) is 0 Å². The van der Waals surface area contributed by atoms with Crippen molar-refractivity contribution in [3.63, 3.8) is 0 Å². The van der Waals surface area contributed by atoms with Gasteiger partial charge in [-0.3, -0.25) is 0 Å². The summed E-state index contributed by atoms with van der Waals surface area (Å²) >= 11 is 1.46. The largest absolute Gasteiger partial charge is 0.0629 e. The molecule has 0 heterocycles. The third-order valence-corrected chi connectivity index (χ3v) is 2.83.